The summed E-state index contributed by atoms with van der Waals surface area (Å²) in [6, 6.07) is 9.73. The number of methoxy groups -OCH3 is 2. The van der Waals surface area contributed by atoms with Crippen LogP contribution in [-0.4, -0.2) is 53.7 Å². The number of nitrogens with zero attached hydrogens (tertiary/aromatic N) is 2. The number of ether oxygens (including phenoxy) is 2. The number of carbonyl (C=O) groups is 2. The second-order valence-electron chi connectivity index (χ2n) is 7.32. The number of amides is 2. The predicted octanol–water partition coefficient (Wildman–Crippen LogP) is 2.59. The Hall–Kier alpha value is -4.80. The Balaban J connectivity index is 1.70. The van der Waals surface area contributed by atoms with Crippen molar-refractivity contribution in [3.8, 4) is 23.0 Å². The summed E-state index contributed by atoms with van der Waals surface area (Å²) in [5.74, 6) is -0.786. The highest BCUT2D eigenvalue weighted by atomic mass is 16.5. The molecule has 182 valence electrons. The molecule has 0 atom stereocenters. The summed E-state index contributed by atoms with van der Waals surface area (Å²) in [4.78, 5) is 28.2. The lowest BCUT2D eigenvalue weighted by Crippen LogP contribution is -2.21. The normalized spacial score (nSPS) is 11.1. The number of rotatable bonds is 8. The van der Waals surface area contributed by atoms with Crippen LogP contribution in [0.5, 0.6) is 23.0 Å². The van der Waals surface area contributed by atoms with Crippen LogP contribution in [0.4, 0.5) is 0 Å². The summed E-state index contributed by atoms with van der Waals surface area (Å²) < 4.78 is 10.1. The third kappa shape index (κ3) is 5.41. The number of hydrogen-bond donors (Lipinski definition) is 5. The van der Waals surface area contributed by atoms with Gasteiger partial charge in [-0.05, 0) is 43.7 Å². The van der Waals surface area contributed by atoms with E-state index in [1.54, 1.807) is 50.2 Å². The Morgan fingerprint density at radius 1 is 0.857 bits per heavy atom. The SMILES string of the molecule is COc1cccc(/C=N/NC(=O)c2[nH]c(C)c(C(=O)N/N=C/c3cccc(OC)c3O)c2C)c1O. The van der Waals surface area contributed by atoms with Gasteiger partial charge < -0.3 is 24.7 Å². The van der Waals surface area contributed by atoms with Crippen LogP contribution in [0.2, 0.25) is 0 Å². The Morgan fingerprint density at radius 2 is 1.34 bits per heavy atom. The maximum atomic E-state index is 12.7. The molecule has 0 saturated carbocycles. The smallest absolute Gasteiger partial charge is 0.288 e. The standard InChI is InChI=1S/C24H25N5O6/c1-13-19(23(32)28-25-11-15-7-5-9-17(34-3)21(15)30)14(2)27-20(13)24(33)29-26-12-16-8-6-10-18(35-4)22(16)31/h5-12,27,30-31H,1-4H3,(H,28,32)(H,29,33)/b25-11+,26-12+. The molecule has 0 fully saturated rings. The third-order valence-electron chi connectivity index (χ3n) is 5.13. The van der Waals surface area contributed by atoms with Crippen molar-refractivity contribution in [3.05, 3.63) is 70.0 Å². The maximum absolute atomic E-state index is 12.7. The lowest BCUT2D eigenvalue weighted by atomic mass is 10.1. The van der Waals surface area contributed by atoms with E-state index in [4.69, 9.17) is 9.47 Å². The van der Waals surface area contributed by atoms with Crippen molar-refractivity contribution in [2.24, 2.45) is 10.2 Å². The quantitative estimate of drug-likeness (QED) is 0.247. The number of aromatic nitrogens is 1. The molecule has 0 spiro atoms. The number of para-hydroxylation sites is 2. The van der Waals surface area contributed by atoms with Crippen molar-refractivity contribution in [1.29, 1.82) is 0 Å². The van der Waals surface area contributed by atoms with E-state index in [1.807, 2.05) is 0 Å². The molecule has 2 aromatic carbocycles. The highest BCUT2D eigenvalue weighted by Crippen LogP contribution is 2.29. The molecular formula is C24H25N5O6. The van der Waals surface area contributed by atoms with Crippen LogP contribution >= 0.6 is 0 Å². The molecule has 5 N–H and O–H groups in total. The van der Waals surface area contributed by atoms with Gasteiger partial charge in [0.05, 0.1) is 32.2 Å². The first-order chi connectivity index (χ1) is 16.8. The molecule has 35 heavy (non-hydrogen) atoms. The Bertz CT molecular complexity index is 1310. The average Bonchev–Trinajstić information content (AvgIpc) is 3.15. The first kappa shape index (κ1) is 24.8. The van der Waals surface area contributed by atoms with Gasteiger partial charge in [-0.2, -0.15) is 10.2 Å². The van der Waals surface area contributed by atoms with Gasteiger partial charge in [0.25, 0.3) is 11.8 Å². The fraction of sp³-hybridized carbons (Fsp3) is 0.167. The number of hydrogen-bond acceptors (Lipinski definition) is 8. The molecule has 3 aromatic rings. The number of H-pyrrole nitrogens is 1. The van der Waals surface area contributed by atoms with Crippen LogP contribution in [0, 0.1) is 13.8 Å². The number of nitrogens with one attached hydrogen (secondary N) is 3. The van der Waals surface area contributed by atoms with Crippen LogP contribution < -0.4 is 20.3 Å². The number of hydrazone groups is 2. The molecule has 3 rings (SSSR count). The zero-order valence-electron chi connectivity index (χ0n) is 19.5. The first-order valence-corrected chi connectivity index (χ1v) is 10.4. The molecule has 0 saturated heterocycles. The van der Waals surface area contributed by atoms with Crippen molar-refractivity contribution in [3.63, 3.8) is 0 Å². The summed E-state index contributed by atoms with van der Waals surface area (Å²) in [5.41, 5.74) is 6.70. The second kappa shape index (κ2) is 10.9. The number of carbonyl (C=O) groups excluding carboxylic acids is 2. The lowest BCUT2D eigenvalue weighted by Gasteiger charge is -2.05. The summed E-state index contributed by atoms with van der Waals surface area (Å²) in [6.45, 7) is 3.26. The molecule has 11 nitrogen and oxygen atoms in total. The van der Waals surface area contributed by atoms with Crippen LogP contribution in [0.3, 0.4) is 0 Å². The van der Waals surface area contributed by atoms with Crippen LogP contribution in [-0.2, 0) is 0 Å². The fourth-order valence-electron chi connectivity index (χ4n) is 3.37. The van der Waals surface area contributed by atoms with E-state index in [1.165, 1.54) is 26.6 Å². The minimum Gasteiger partial charge on any atom is -0.504 e. The van der Waals surface area contributed by atoms with Gasteiger partial charge in [0.2, 0.25) is 0 Å². The highest BCUT2D eigenvalue weighted by molar-refractivity contribution is 6.03. The number of aryl methyl sites for hydroxylation is 1. The lowest BCUT2D eigenvalue weighted by molar-refractivity contribution is 0.0948. The molecule has 0 bridgehead atoms. The summed E-state index contributed by atoms with van der Waals surface area (Å²) >= 11 is 0. The van der Waals surface area contributed by atoms with E-state index < -0.39 is 11.8 Å². The van der Waals surface area contributed by atoms with E-state index >= 15 is 0 Å². The van der Waals surface area contributed by atoms with E-state index in [9.17, 15) is 19.8 Å². The molecule has 0 aliphatic carbocycles. The van der Waals surface area contributed by atoms with Crippen molar-refractivity contribution in [1.82, 2.24) is 15.8 Å². The molecule has 2 amide bonds. The zero-order valence-corrected chi connectivity index (χ0v) is 19.5. The number of benzene rings is 2. The zero-order chi connectivity index (χ0) is 25.5. The Morgan fingerprint density at radius 3 is 1.83 bits per heavy atom. The van der Waals surface area contributed by atoms with Gasteiger partial charge in [0.1, 0.15) is 5.69 Å². The van der Waals surface area contributed by atoms with Crippen molar-refractivity contribution < 1.29 is 29.3 Å². The molecular weight excluding hydrogens is 454 g/mol. The minimum absolute atomic E-state index is 0.108. The topological polar surface area (TPSA) is 158 Å². The minimum atomic E-state index is -0.576. The molecule has 0 unspecified atom stereocenters. The van der Waals surface area contributed by atoms with Gasteiger partial charge in [-0.3, -0.25) is 9.59 Å². The number of phenolic OH excluding ortho intramolecular Hbond substituents is 2. The summed E-state index contributed by atoms with van der Waals surface area (Å²) in [7, 11) is 2.85. The fourth-order valence-corrected chi connectivity index (χ4v) is 3.37. The van der Waals surface area contributed by atoms with E-state index in [2.05, 4.69) is 26.0 Å². The Labute approximate surface area is 201 Å². The highest BCUT2D eigenvalue weighted by Gasteiger charge is 2.21. The van der Waals surface area contributed by atoms with Gasteiger partial charge in [-0.25, -0.2) is 10.9 Å². The molecule has 0 aliphatic heterocycles. The predicted molar refractivity (Wildman–Crippen MR) is 130 cm³/mol. The monoisotopic (exact) mass is 479 g/mol. The number of phenols is 2. The van der Waals surface area contributed by atoms with Gasteiger partial charge in [-0.1, -0.05) is 12.1 Å². The van der Waals surface area contributed by atoms with Gasteiger partial charge in [-0.15, -0.1) is 0 Å². The van der Waals surface area contributed by atoms with Gasteiger partial charge in [0, 0.05) is 16.8 Å². The van der Waals surface area contributed by atoms with E-state index in [0.717, 1.165) is 0 Å². The first-order valence-electron chi connectivity index (χ1n) is 10.4. The van der Waals surface area contributed by atoms with Crippen LogP contribution in [0.1, 0.15) is 43.2 Å². The van der Waals surface area contributed by atoms with Crippen molar-refractivity contribution in [2.45, 2.75) is 13.8 Å². The number of aromatic amines is 1. The summed E-state index contributed by atoms with van der Waals surface area (Å²) in [6.07, 6.45) is 2.56. The molecule has 1 heterocycles. The molecule has 0 aliphatic rings. The van der Waals surface area contributed by atoms with Gasteiger partial charge >= 0.3 is 0 Å². The van der Waals surface area contributed by atoms with Crippen molar-refractivity contribution in [2.75, 3.05) is 14.2 Å². The second-order valence-corrected chi connectivity index (χ2v) is 7.32. The third-order valence-corrected chi connectivity index (χ3v) is 5.13. The maximum Gasteiger partial charge on any atom is 0.288 e. The van der Waals surface area contributed by atoms with E-state index in [0.29, 0.717) is 22.4 Å². The van der Waals surface area contributed by atoms with Crippen LogP contribution in [0.25, 0.3) is 0 Å². The van der Waals surface area contributed by atoms with Crippen molar-refractivity contribution >= 4 is 24.2 Å². The molecule has 11 heteroatoms. The largest absolute Gasteiger partial charge is 0.504 e. The molecule has 0 radical (unpaired) electrons. The Kier molecular flexibility index (Phi) is 7.72. The van der Waals surface area contributed by atoms with Crippen LogP contribution in [0.15, 0.2) is 46.6 Å². The average molecular weight is 479 g/mol. The molecule has 1 aromatic heterocycles. The summed E-state index contributed by atoms with van der Waals surface area (Å²) in [5, 5.41) is 27.9. The van der Waals surface area contributed by atoms with Gasteiger partial charge in [0.15, 0.2) is 23.0 Å². The van der Waals surface area contributed by atoms with E-state index in [-0.39, 0.29) is 34.3 Å². The number of aromatic hydroxyl groups is 2.